The highest BCUT2D eigenvalue weighted by Gasteiger charge is 2.15. The Morgan fingerprint density at radius 3 is 2.59 bits per heavy atom. The van der Waals surface area contributed by atoms with E-state index in [1.54, 1.807) is 14.0 Å². The minimum Gasteiger partial charge on any atom is -0.484 e. The van der Waals surface area contributed by atoms with E-state index in [0.29, 0.717) is 5.75 Å². The first-order valence-corrected chi connectivity index (χ1v) is 5.39. The van der Waals surface area contributed by atoms with Gasteiger partial charge in [-0.05, 0) is 26.0 Å². The van der Waals surface area contributed by atoms with Crippen LogP contribution < -0.4 is 4.74 Å². The highest BCUT2D eigenvalue weighted by Crippen LogP contribution is 2.11. The molecule has 4 nitrogen and oxygen atoms in total. The van der Waals surface area contributed by atoms with Crippen molar-refractivity contribution in [3.05, 3.63) is 29.8 Å². The maximum Gasteiger partial charge on any atom is 0.261 e. The Balaban J connectivity index is 2.49. The third-order valence-corrected chi connectivity index (χ3v) is 2.54. The number of nitriles is 1. The van der Waals surface area contributed by atoms with Gasteiger partial charge in [0.15, 0.2) is 6.61 Å². The zero-order chi connectivity index (χ0) is 12.8. The van der Waals surface area contributed by atoms with E-state index < -0.39 is 6.04 Å². The van der Waals surface area contributed by atoms with E-state index in [-0.39, 0.29) is 12.5 Å². The molecule has 0 aliphatic heterocycles. The number of likely N-dealkylation sites (N-methyl/N-ethyl adjacent to an activating group) is 1. The number of aryl methyl sites for hydroxylation is 1. The van der Waals surface area contributed by atoms with Crippen LogP contribution >= 0.6 is 0 Å². The molecule has 0 aliphatic carbocycles. The van der Waals surface area contributed by atoms with Crippen LogP contribution in [0.4, 0.5) is 0 Å². The fourth-order valence-electron chi connectivity index (χ4n) is 1.18. The Morgan fingerprint density at radius 2 is 2.06 bits per heavy atom. The maximum absolute atomic E-state index is 11.6. The van der Waals surface area contributed by atoms with Crippen LogP contribution in [0.15, 0.2) is 24.3 Å². The zero-order valence-electron chi connectivity index (χ0n) is 10.3. The molecule has 0 heterocycles. The number of hydrogen-bond acceptors (Lipinski definition) is 3. The van der Waals surface area contributed by atoms with Gasteiger partial charge in [0, 0.05) is 7.05 Å². The summed E-state index contributed by atoms with van der Waals surface area (Å²) in [5.41, 5.74) is 1.14. The molecule has 1 rings (SSSR count). The van der Waals surface area contributed by atoms with Crippen LogP contribution in [0.25, 0.3) is 0 Å². The number of rotatable bonds is 4. The first-order valence-electron chi connectivity index (χ1n) is 5.39. The van der Waals surface area contributed by atoms with Crippen LogP contribution in [0.2, 0.25) is 0 Å². The quantitative estimate of drug-likeness (QED) is 0.794. The van der Waals surface area contributed by atoms with Gasteiger partial charge >= 0.3 is 0 Å². The molecule has 0 fully saturated rings. The lowest BCUT2D eigenvalue weighted by Gasteiger charge is -2.19. The van der Waals surface area contributed by atoms with Crippen molar-refractivity contribution in [2.24, 2.45) is 0 Å². The molecule has 1 aromatic rings. The lowest BCUT2D eigenvalue weighted by molar-refractivity contribution is -0.132. The van der Waals surface area contributed by atoms with Crippen LogP contribution in [-0.2, 0) is 4.79 Å². The van der Waals surface area contributed by atoms with Gasteiger partial charge in [-0.3, -0.25) is 4.79 Å². The summed E-state index contributed by atoms with van der Waals surface area (Å²) >= 11 is 0. The predicted molar refractivity (Wildman–Crippen MR) is 64.5 cm³/mol. The molecule has 90 valence electrons. The zero-order valence-corrected chi connectivity index (χ0v) is 10.3. The maximum atomic E-state index is 11.6. The molecule has 4 heteroatoms. The van der Waals surface area contributed by atoms with Crippen molar-refractivity contribution in [3.8, 4) is 11.8 Å². The average molecular weight is 232 g/mol. The first kappa shape index (κ1) is 13.0. The van der Waals surface area contributed by atoms with E-state index in [1.165, 1.54) is 4.90 Å². The molecule has 1 unspecified atom stereocenters. The summed E-state index contributed by atoms with van der Waals surface area (Å²) in [6, 6.07) is 9.03. The molecule has 0 saturated heterocycles. The number of hydrogen-bond donors (Lipinski definition) is 0. The Labute approximate surface area is 101 Å². The summed E-state index contributed by atoms with van der Waals surface area (Å²) in [6.07, 6.45) is 0. The molecular formula is C13H16N2O2. The highest BCUT2D eigenvalue weighted by molar-refractivity contribution is 5.78. The minimum atomic E-state index is -0.441. The third kappa shape index (κ3) is 3.80. The molecule has 0 spiro atoms. The van der Waals surface area contributed by atoms with E-state index in [0.717, 1.165) is 5.56 Å². The van der Waals surface area contributed by atoms with Gasteiger partial charge in [0.2, 0.25) is 0 Å². The lowest BCUT2D eigenvalue weighted by Crippen LogP contribution is -2.37. The minimum absolute atomic E-state index is 0.0500. The number of benzene rings is 1. The normalized spacial score (nSPS) is 11.4. The number of amides is 1. The summed E-state index contributed by atoms with van der Waals surface area (Å²) in [6.45, 7) is 3.60. The van der Waals surface area contributed by atoms with Gasteiger partial charge in [0.1, 0.15) is 11.8 Å². The topological polar surface area (TPSA) is 53.3 Å². The summed E-state index contributed by atoms with van der Waals surface area (Å²) in [4.78, 5) is 13.0. The summed E-state index contributed by atoms with van der Waals surface area (Å²) in [7, 11) is 1.59. The number of nitrogens with zero attached hydrogens (tertiary/aromatic N) is 2. The van der Waals surface area contributed by atoms with Gasteiger partial charge in [-0.1, -0.05) is 17.7 Å². The molecular weight excluding hydrogens is 216 g/mol. The Hall–Kier alpha value is -2.02. The molecule has 1 amide bonds. The highest BCUT2D eigenvalue weighted by atomic mass is 16.5. The summed E-state index contributed by atoms with van der Waals surface area (Å²) < 4.78 is 5.34. The van der Waals surface area contributed by atoms with Gasteiger partial charge in [-0.25, -0.2) is 0 Å². The van der Waals surface area contributed by atoms with Crippen LogP contribution in [-0.4, -0.2) is 30.5 Å². The van der Waals surface area contributed by atoms with Crippen molar-refractivity contribution < 1.29 is 9.53 Å². The molecule has 0 aromatic heterocycles. The van der Waals surface area contributed by atoms with Crippen molar-refractivity contribution in [1.82, 2.24) is 4.90 Å². The second kappa shape index (κ2) is 5.90. The van der Waals surface area contributed by atoms with Gasteiger partial charge in [0.05, 0.1) is 6.07 Å². The predicted octanol–water partition coefficient (Wildman–Crippen LogP) is 1.74. The van der Waals surface area contributed by atoms with Crippen molar-refractivity contribution in [2.75, 3.05) is 13.7 Å². The fraction of sp³-hybridized carbons (Fsp3) is 0.385. The third-order valence-electron chi connectivity index (χ3n) is 2.54. The van der Waals surface area contributed by atoms with E-state index >= 15 is 0 Å². The van der Waals surface area contributed by atoms with Crippen molar-refractivity contribution in [3.63, 3.8) is 0 Å². The van der Waals surface area contributed by atoms with Gasteiger partial charge in [-0.15, -0.1) is 0 Å². The second-order valence-electron chi connectivity index (χ2n) is 3.91. The number of ether oxygens (including phenoxy) is 1. The average Bonchev–Trinajstić information content (AvgIpc) is 2.35. The number of carbonyl (C=O) groups excluding carboxylic acids is 1. The van der Waals surface area contributed by atoms with E-state index in [2.05, 4.69) is 0 Å². The summed E-state index contributed by atoms with van der Waals surface area (Å²) in [5.74, 6) is 0.446. The van der Waals surface area contributed by atoms with Crippen LogP contribution in [0.3, 0.4) is 0 Å². The molecule has 0 N–H and O–H groups in total. The Bertz CT molecular complexity index is 420. The molecule has 1 atom stereocenters. The second-order valence-corrected chi connectivity index (χ2v) is 3.91. The smallest absolute Gasteiger partial charge is 0.261 e. The standard InChI is InChI=1S/C13H16N2O2/c1-10-4-6-12(7-5-10)17-9-13(16)15(3)11(2)8-14/h4-7,11H,9H2,1-3H3. The molecule has 1 aromatic carbocycles. The number of carbonyl (C=O) groups is 1. The molecule has 17 heavy (non-hydrogen) atoms. The van der Waals surface area contributed by atoms with E-state index in [9.17, 15) is 4.79 Å². The van der Waals surface area contributed by atoms with Gasteiger partial charge in [-0.2, -0.15) is 5.26 Å². The van der Waals surface area contributed by atoms with Crippen LogP contribution in [0.5, 0.6) is 5.75 Å². The molecule has 0 bridgehead atoms. The Morgan fingerprint density at radius 1 is 1.47 bits per heavy atom. The molecule has 0 radical (unpaired) electrons. The molecule has 0 saturated carbocycles. The Kier molecular flexibility index (Phi) is 4.53. The fourth-order valence-corrected chi connectivity index (χ4v) is 1.18. The van der Waals surface area contributed by atoms with Crippen molar-refractivity contribution >= 4 is 5.91 Å². The summed E-state index contributed by atoms with van der Waals surface area (Å²) in [5, 5.41) is 8.69. The van der Waals surface area contributed by atoms with Crippen molar-refractivity contribution in [1.29, 1.82) is 5.26 Å². The van der Waals surface area contributed by atoms with Gasteiger partial charge < -0.3 is 9.64 Å². The SMILES string of the molecule is Cc1ccc(OCC(=O)N(C)C(C)C#N)cc1. The monoisotopic (exact) mass is 232 g/mol. The molecule has 0 aliphatic rings. The lowest BCUT2D eigenvalue weighted by atomic mass is 10.2. The van der Waals surface area contributed by atoms with E-state index in [1.807, 2.05) is 37.3 Å². The van der Waals surface area contributed by atoms with Crippen LogP contribution in [0.1, 0.15) is 12.5 Å². The largest absolute Gasteiger partial charge is 0.484 e. The van der Waals surface area contributed by atoms with Crippen LogP contribution in [0, 0.1) is 18.3 Å². The van der Waals surface area contributed by atoms with E-state index in [4.69, 9.17) is 10.00 Å². The van der Waals surface area contributed by atoms with Crippen molar-refractivity contribution in [2.45, 2.75) is 19.9 Å². The first-order chi connectivity index (χ1) is 8.04. The van der Waals surface area contributed by atoms with Gasteiger partial charge in [0.25, 0.3) is 5.91 Å².